The number of hydrogen-bond acceptors (Lipinski definition) is 4. The molecule has 21 heavy (non-hydrogen) atoms. The van der Waals surface area contributed by atoms with Crippen molar-refractivity contribution in [2.24, 2.45) is 0 Å². The van der Waals surface area contributed by atoms with E-state index in [4.69, 9.17) is 10.00 Å². The molecule has 0 aliphatic rings. The number of rotatable bonds is 5. The van der Waals surface area contributed by atoms with Crippen LogP contribution in [0, 0.1) is 25.2 Å². The van der Waals surface area contributed by atoms with Crippen LogP contribution < -0.4 is 4.74 Å². The van der Waals surface area contributed by atoms with Gasteiger partial charge in [0.05, 0.1) is 6.54 Å². The highest BCUT2D eigenvalue weighted by molar-refractivity contribution is 5.36. The summed E-state index contributed by atoms with van der Waals surface area (Å²) in [6, 6.07) is 8.08. The van der Waals surface area contributed by atoms with Gasteiger partial charge in [0.1, 0.15) is 24.1 Å². The lowest BCUT2D eigenvalue weighted by Gasteiger charge is -2.11. The van der Waals surface area contributed by atoms with Crippen molar-refractivity contribution in [3.8, 4) is 11.8 Å². The summed E-state index contributed by atoms with van der Waals surface area (Å²) in [5, 5.41) is 17.0. The predicted octanol–water partition coefficient (Wildman–Crippen LogP) is 2.92. The van der Waals surface area contributed by atoms with Crippen molar-refractivity contribution in [2.45, 2.75) is 33.9 Å². The fourth-order valence-electron chi connectivity index (χ4n) is 1.95. The Balaban J connectivity index is 2.23. The molecule has 5 heteroatoms. The standard InChI is InChI=1S/C16H18N4O/c1-11(2)9-20-15(14(8-17)18-19-20)10-21-16-7-12(3)5-6-13(16)4/h5-7H,1,9-10H2,2-4H3. The number of aryl methyl sites for hydroxylation is 2. The first kappa shape index (κ1) is 14.8. The first-order chi connectivity index (χ1) is 10.0. The Hall–Kier alpha value is -2.61. The minimum Gasteiger partial charge on any atom is -0.487 e. The fraction of sp³-hybridized carbons (Fsp3) is 0.312. The molecule has 0 unspecified atom stereocenters. The first-order valence-electron chi connectivity index (χ1n) is 6.68. The van der Waals surface area contributed by atoms with Crippen molar-refractivity contribution in [3.63, 3.8) is 0 Å². The number of nitrogens with zero attached hydrogens (tertiary/aromatic N) is 4. The van der Waals surface area contributed by atoms with Crippen molar-refractivity contribution in [3.05, 3.63) is 52.9 Å². The van der Waals surface area contributed by atoms with E-state index in [1.807, 2.05) is 45.0 Å². The number of hydrogen-bond donors (Lipinski definition) is 0. The molecule has 2 rings (SSSR count). The highest BCUT2D eigenvalue weighted by Gasteiger charge is 2.14. The van der Waals surface area contributed by atoms with Gasteiger partial charge in [-0.2, -0.15) is 5.26 Å². The summed E-state index contributed by atoms with van der Waals surface area (Å²) < 4.78 is 7.50. The van der Waals surface area contributed by atoms with Crippen LogP contribution in [0.4, 0.5) is 0 Å². The Morgan fingerprint density at radius 3 is 2.86 bits per heavy atom. The van der Waals surface area contributed by atoms with Gasteiger partial charge in [0.15, 0.2) is 5.69 Å². The van der Waals surface area contributed by atoms with Gasteiger partial charge in [-0.15, -0.1) is 5.10 Å². The molecule has 0 bridgehead atoms. The van der Waals surface area contributed by atoms with Crippen LogP contribution in [0.3, 0.4) is 0 Å². The van der Waals surface area contributed by atoms with Crippen LogP contribution in [-0.4, -0.2) is 15.0 Å². The lowest BCUT2D eigenvalue weighted by Crippen LogP contribution is -2.10. The average Bonchev–Trinajstić information content (AvgIpc) is 2.81. The summed E-state index contributed by atoms with van der Waals surface area (Å²) in [7, 11) is 0. The van der Waals surface area contributed by atoms with Crippen molar-refractivity contribution >= 4 is 0 Å². The van der Waals surface area contributed by atoms with Gasteiger partial charge in [-0.25, -0.2) is 4.68 Å². The van der Waals surface area contributed by atoms with E-state index in [1.54, 1.807) is 4.68 Å². The second-order valence-electron chi connectivity index (χ2n) is 5.17. The van der Waals surface area contributed by atoms with E-state index >= 15 is 0 Å². The van der Waals surface area contributed by atoms with Gasteiger partial charge >= 0.3 is 0 Å². The third-order valence-electron chi connectivity index (χ3n) is 3.07. The van der Waals surface area contributed by atoms with Gasteiger partial charge in [-0.1, -0.05) is 29.5 Å². The average molecular weight is 282 g/mol. The summed E-state index contributed by atoms with van der Waals surface area (Å²) >= 11 is 0. The minimum atomic E-state index is 0.257. The Bertz CT molecular complexity index is 710. The van der Waals surface area contributed by atoms with E-state index in [0.29, 0.717) is 17.9 Å². The van der Waals surface area contributed by atoms with Crippen LogP contribution in [0.15, 0.2) is 30.4 Å². The van der Waals surface area contributed by atoms with Crippen LogP contribution in [0.25, 0.3) is 0 Å². The Morgan fingerprint density at radius 2 is 2.19 bits per heavy atom. The second kappa shape index (κ2) is 6.23. The molecule has 2 aromatic rings. The van der Waals surface area contributed by atoms with E-state index < -0.39 is 0 Å². The monoisotopic (exact) mass is 282 g/mol. The predicted molar refractivity (Wildman–Crippen MR) is 79.8 cm³/mol. The Kier molecular flexibility index (Phi) is 4.39. The van der Waals surface area contributed by atoms with Crippen molar-refractivity contribution < 1.29 is 4.74 Å². The van der Waals surface area contributed by atoms with Gasteiger partial charge in [0.25, 0.3) is 0 Å². The molecule has 0 aliphatic carbocycles. The fourth-order valence-corrected chi connectivity index (χ4v) is 1.95. The molecule has 0 saturated carbocycles. The quantitative estimate of drug-likeness (QED) is 0.791. The molecule has 0 radical (unpaired) electrons. The molecule has 1 aromatic heterocycles. The number of nitriles is 1. The van der Waals surface area contributed by atoms with E-state index in [-0.39, 0.29) is 6.61 Å². The second-order valence-corrected chi connectivity index (χ2v) is 5.17. The van der Waals surface area contributed by atoms with E-state index in [1.165, 1.54) is 0 Å². The lowest BCUT2D eigenvalue weighted by atomic mass is 10.1. The van der Waals surface area contributed by atoms with Crippen LogP contribution >= 0.6 is 0 Å². The van der Waals surface area contributed by atoms with Crippen LogP contribution in [0.5, 0.6) is 5.75 Å². The normalized spacial score (nSPS) is 10.2. The third-order valence-corrected chi connectivity index (χ3v) is 3.07. The molecular weight excluding hydrogens is 264 g/mol. The maximum Gasteiger partial charge on any atom is 0.189 e. The number of ether oxygens (including phenoxy) is 1. The molecule has 0 N–H and O–H groups in total. The number of allylic oxidation sites excluding steroid dienone is 1. The molecule has 0 saturated heterocycles. The zero-order chi connectivity index (χ0) is 15.4. The summed E-state index contributed by atoms with van der Waals surface area (Å²) in [5.41, 5.74) is 4.09. The summed E-state index contributed by atoms with van der Waals surface area (Å²) in [6.07, 6.45) is 0. The van der Waals surface area contributed by atoms with Gasteiger partial charge in [-0.3, -0.25) is 0 Å². The Labute approximate surface area is 124 Å². The molecule has 108 valence electrons. The summed E-state index contributed by atoms with van der Waals surface area (Å²) in [6.45, 7) is 10.6. The molecule has 1 heterocycles. The zero-order valence-corrected chi connectivity index (χ0v) is 12.6. The maximum absolute atomic E-state index is 9.12. The molecular formula is C16H18N4O. The number of benzene rings is 1. The summed E-state index contributed by atoms with van der Waals surface area (Å²) in [4.78, 5) is 0. The van der Waals surface area contributed by atoms with E-state index in [9.17, 15) is 0 Å². The van der Waals surface area contributed by atoms with Crippen molar-refractivity contribution in [2.75, 3.05) is 0 Å². The highest BCUT2D eigenvalue weighted by Crippen LogP contribution is 2.21. The molecule has 0 amide bonds. The maximum atomic E-state index is 9.12. The lowest BCUT2D eigenvalue weighted by molar-refractivity contribution is 0.290. The van der Waals surface area contributed by atoms with Gasteiger partial charge < -0.3 is 4.74 Å². The van der Waals surface area contributed by atoms with Gasteiger partial charge in [0, 0.05) is 0 Å². The largest absolute Gasteiger partial charge is 0.487 e. The van der Waals surface area contributed by atoms with Gasteiger partial charge in [-0.05, 0) is 38.0 Å². The van der Waals surface area contributed by atoms with Crippen LogP contribution in [0.2, 0.25) is 0 Å². The van der Waals surface area contributed by atoms with Crippen molar-refractivity contribution in [1.82, 2.24) is 15.0 Å². The molecule has 0 fully saturated rings. The molecule has 0 aliphatic heterocycles. The van der Waals surface area contributed by atoms with Crippen LogP contribution in [-0.2, 0) is 13.2 Å². The smallest absolute Gasteiger partial charge is 0.189 e. The molecule has 1 aromatic carbocycles. The first-order valence-corrected chi connectivity index (χ1v) is 6.68. The zero-order valence-electron chi connectivity index (χ0n) is 12.6. The molecule has 5 nitrogen and oxygen atoms in total. The highest BCUT2D eigenvalue weighted by atomic mass is 16.5. The number of aromatic nitrogens is 3. The van der Waals surface area contributed by atoms with Crippen LogP contribution in [0.1, 0.15) is 29.4 Å². The third kappa shape index (κ3) is 3.48. The molecule has 0 spiro atoms. The van der Waals surface area contributed by atoms with Gasteiger partial charge in [0.2, 0.25) is 0 Å². The Morgan fingerprint density at radius 1 is 1.43 bits per heavy atom. The van der Waals surface area contributed by atoms with E-state index in [2.05, 4.69) is 16.9 Å². The SMILES string of the molecule is C=C(C)Cn1nnc(C#N)c1COc1cc(C)ccc1C. The minimum absolute atomic E-state index is 0.257. The molecule has 0 atom stereocenters. The summed E-state index contributed by atoms with van der Waals surface area (Å²) in [5.74, 6) is 0.807. The van der Waals surface area contributed by atoms with E-state index in [0.717, 1.165) is 22.4 Å². The topological polar surface area (TPSA) is 63.7 Å². The van der Waals surface area contributed by atoms with Crippen molar-refractivity contribution in [1.29, 1.82) is 5.26 Å².